The molecule has 2 heterocycles. The molecule has 0 aliphatic carbocycles. The lowest BCUT2D eigenvalue weighted by Gasteiger charge is -2.15. The minimum atomic E-state index is 0.571. The summed E-state index contributed by atoms with van der Waals surface area (Å²) in [5.74, 6) is 1.82. The molecule has 0 radical (unpaired) electrons. The minimum Gasteiger partial charge on any atom is -0.277 e. The molecule has 0 aliphatic rings. The molecule has 0 unspecified atom stereocenters. The molecule has 8 aromatic carbocycles. The van der Waals surface area contributed by atoms with Gasteiger partial charge in [-0.05, 0) is 75.3 Å². The Labute approximate surface area is 319 Å². The van der Waals surface area contributed by atoms with E-state index < -0.39 is 0 Å². The number of aromatic nitrogens is 4. The molecular formula is C51H34N4. The van der Waals surface area contributed by atoms with Crippen LogP contribution < -0.4 is 0 Å². The topological polar surface area (TPSA) is 43.6 Å². The zero-order chi connectivity index (χ0) is 36.6. The van der Waals surface area contributed by atoms with Crippen molar-refractivity contribution in [3.63, 3.8) is 0 Å². The van der Waals surface area contributed by atoms with Crippen LogP contribution in [0.3, 0.4) is 0 Å². The Bertz CT molecular complexity index is 2820. The fraction of sp³-hybridized carbons (Fsp3) is 0. The van der Waals surface area contributed by atoms with Gasteiger partial charge in [-0.1, -0.05) is 170 Å². The van der Waals surface area contributed by atoms with Gasteiger partial charge in [-0.2, -0.15) is 9.97 Å². The average molecular weight is 703 g/mol. The van der Waals surface area contributed by atoms with Crippen LogP contribution in [0.5, 0.6) is 0 Å². The standard InChI is InChI=1S/C51H34N4/c1-6-18-35(19-7-1)40-30-41(36-20-8-2-9-21-36)32-42(31-40)43-33-45(37-22-10-3-11-23-37)48-46(34-43)44-28-16-17-29-47(44)55(48)51-53-49(38-24-12-4-13-25-38)52-50(54-51)39-26-14-5-15-27-39/h1-34H. The van der Waals surface area contributed by atoms with Crippen LogP contribution in [0.1, 0.15) is 0 Å². The predicted molar refractivity (Wildman–Crippen MR) is 227 cm³/mol. The lowest BCUT2D eigenvalue weighted by atomic mass is 9.91. The van der Waals surface area contributed by atoms with Crippen LogP contribution in [0, 0.1) is 0 Å². The van der Waals surface area contributed by atoms with E-state index in [1.54, 1.807) is 0 Å². The summed E-state index contributed by atoms with van der Waals surface area (Å²) in [6.07, 6.45) is 0. The molecule has 258 valence electrons. The molecule has 0 bridgehead atoms. The van der Waals surface area contributed by atoms with Crippen LogP contribution in [0.15, 0.2) is 206 Å². The number of hydrogen-bond donors (Lipinski definition) is 0. The van der Waals surface area contributed by atoms with Crippen molar-refractivity contribution in [3.05, 3.63) is 206 Å². The predicted octanol–water partition coefficient (Wildman–Crippen LogP) is 13.0. The number of hydrogen-bond acceptors (Lipinski definition) is 3. The van der Waals surface area contributed by atoms with E-state index in [1.807, 2.05) is 36.4 Å². The number of nitrogens with zero attached hydrogens (tertiary/aromatic N) is 4. The molecule has 0 saturated heterocycles. The van der Waals surface area contributed by atoms with E-state index in [4.69, 9.17) is 15.0 Å². The molecule has 0 spiro atoms. The summed E-state index contributed by atoms with van der Waals surface area (Å²) in [6.45, 7) is 0. The van der Waals surface area contributed by atoms with Gasteiger partial charge >= 0.3 is 0 Å². The first-order chi connectivity index (χ1) is 27.3. The largest absolute Gasteiger partial charge is 0.277 e. The third-order valence-electron chi connectivity index (χ3n) is 10.2. The Hall–Kier alpha value is -7.43. The van der Waals surface area contributed by atoms with E-state index in [2.05, 4.69) is 174 Å². The van der Waals surface area contributed by atoms with Crippen molar-refractivity contribution in [1.29, 1.82) is 0 Å². The Morgan fingerprint density at radius 3 is 1.20 bits per heavy atom. The molecule has 0 atom stereocenters. The van der Waals surface area contributed by atoms with Crippen molar-refractivity contribution in [3.8, 4) is 73.2 Å². The van der Waals surface area contributed by atoms with Gasteiger partial charge in [0.2, 0.25) is 5.95 Å². The highest BCUT2D eigenvalue weighted by Gasteiger charge is 2.22. The van der Waals surface area contributed by atoms with Gasteiger partial charge in [0.1, 0.15) is 0 Å². The summed E-state index contributed by atoms with van der Waals surface area (Å²) in [4.78, 5) is 15.4. The van der Waals surface area contributed by atoms with E-state index in [-0.39, 0.29) is 0 Å². The maximum Gasteiger partial charge on any atom is 0.238 e. The fourth-order valence-corrected chi connectivity index (χ4v) is 7.60. The zero-order valence-corrected chi connectivity index (χ0v) is 29.9. The van der Waals surface area contributed by atoms with E-state index in [9.17, 15) is 0 Å². The molecule has 2 aromatic heterocycles. The Morgan fingerprint density at radius 2 is 0.691 bits per heavy atom. The van der Waals surface area contributed by atoms with E-state index in [1.165, 1.54) is 22.3 Å². The van der Waals surface area contributed by atoms with Crippen LogP contribution in [-0.4, -0.2) is 19.5 Å². The van der Waals surface area contributed by atoms with E-state index in [0.29, 0.717) is 17.6 Å². The Morgan fingerprint density at radius 1 is 0.291 bits per heavy atom. The van der Waals surface area contributed by atoms with Crippen molar-refractivity contribution in [2.45, 2.75) is 0 Å². The number of benzene rings is 8. The SMILES string of the molecule is c1ccc(-c2cc(-c3ccccc3)cc(-c3cc(-c4ccccc4)c4c(c3)c3ccccc3n4-c3nc(-c4ccccc4)nc(-c4ccccc4)n3)c2)cc1. The van der Waals surface area contributed by atoms with Gasteiger partial charge in [-0.25, -0.2) is 4.98 Å². The maximum atomic E-state index is 5.22. The summed E-state index contributed by atoms with van der Waals surface area (Å²) >= 11 is 0. The maximum absolute atomic E-state index is 5.22. The van der Waals surface area contributed by atoms with Crippen LogP contribution in [0.2, 0.25) is 0 Å². The quantitative estimate of drug-likeness (QED) is 0.166. The molecule has 0 saturated carbocycles. The van der Waals surface area contributed by atoms with Gasteiger partial charge in [0.05, 0.1) is 11.0 Å². The van der Waals surface area contributed by atoms with Gasteiger partial charge in [0.25, 0.3) is 0 Å². The molecular weight excluding hydrogens is 669 g/mol. The molecule has 10 rings (SSSR count). The second-order valence-corrected chi connectivity index (χ2v) is 13.7. The molecule has 0 aliphatic heterocycles. The summed E-state index contributed by atoms with van der Waals surface area (Å²) < 4.78 is 2.23. The highest BCUT2D eigenvalue weighted by molar-refractivity contribution is 6.15. The first-order valence-electron chi connectivity index (χ1n) is 18.5. The molecule has 55 heavy (non-hydrogen) atoms. The highest BCUT2D eigenvalue weighted by Crippen LogP contribution is 2.42. The third kappa shape index (κ3) is 6.06. The second-order valence-electron chi connectivity index (χ2n) is 13.7. The van der Waals surface area contributed by atoms with Crippen LogP contribution >= 0.6 is 0 Å². The van der Waals surface area contributed by atoms with Crippen molar-refractivity contribution in [2.24, 2.45) is 0 Å². The van der Waals surface area contributed by atoms with Gasteiger partial charge in [0.15, 0.2) is 11.6 Å². The monoisotopic (exact) mass is 702 g/mol. The molecule has 4 nitrogen and oxygen atoms in total. The smallest absolute Gasteiger partial charge is 0.238 e. The summed E-state index contributed by atoms with van der Waals surface area (Å²) in [5.41, 5.74) is 13.1. The van der Waals surface area contributed by atoms with Crippen LogP contribution in [0.25, 0.3) is 95.0 Å². The lowest BCUT2D eigenvalue weighted by Crippen LogP contribution is -2.07. The van der Waals surface area contributed by atoms with E-state index in [0.717, 1.165) is 55.2 Å². The van der Waals surface area contributed by atoms with Gasteiger partial charge in [0, 0.05) is 27.5 Å². The van der Waals surface area contributed by atoms with Crippen molar-refractivity contribution >= 4 is 21.8 Å². The molecule has 0 fully saturated rings. The fourth-order valence-electron chi connectivity index (χ4n) is 7.60. The molecule has 0 N–H and O–H groups in total. The third-order valence-corrected chi connectivity index (χ3v) is 10.2. The Balaban J connectivity index is 1.28. The first-order valence-corrected chi connectivity index (χ1v) is 18.5. The molecule has 4 heteroatoms. The number of fused-ring (bicyclic) bond motifs is 3. The van der Waals surface area contributed by atoms with Gasteiger partial charge < -0.3 is 0 Å². The van der Waals surface area contributed by atoms with Crippen molar-refractivity contribution in [1.82, 2.24) is 19.5 Å². The summed E-state index contributed by atoms with van der Waals surface area (Å²) in [7, 11) is 0. The number of para-hydroxylation sites is 1. The highest BCUT2D eigenvalue weighted by atomic mass is 15.2. The minimum absolute atomic E-state index is 0.571. The second kappa shape index (κ2) is 13.8. The van der Waals surface area contributed by atoms with Crippen LogP contribution in [-0.2, 0) is 0 Å². The van der Waals surface area contributed by atoms with Crippen molar-refractivity contribution < 1.29 is 0 Å². The first kappa shape index (κ1) is 32.2. The van der Waals surface area contributed by atoms with Crippen molar-refractivity contribution in [2.75, 3.05) is 0 Å². The normalized spacial score (nSPS) is 11.3. The molecule has 0 amide bonds. The number of rotatable bonds is 7. The van der Waals surface area contributed by atoms with Gasteiger partial charge in [-0.15, -0.1) is 0 Å². The van der Waals surface area contributed by atoms with Crippen LogP contribution in [0.4, 0.5) is 0 Å². The lowest BCUT2D eigenvalue weighted by molar-refractivity contribution is 0.954. The Kier molecular flexibility index (Phi) is 8.12. The van der Waals surface area contributed by atoms with E-state index >= 15 is 0 Å². The average Bonchev–Trinajstić information content (AvgIpc) is 3.62. The summed E-state index contributed by atoms with van der Waals surface area (Å²) in [5, 5.41) is 2.25. The molecule has 10 aromatic rings. The van der Waals surface area contributed by atoms with Gasteiger partial charge in [-0.3, -0.25) is 4.57 Å². The summed E-state index contributed by atoms with van der Waals surface area (Å²) in [6, 6.07) is 72.4. The zero-order valence-electron chi connectivity index (χ0n) is 29.9.